The van der Waals surface area contributed by atoms with E-state index in [1.54, 1.807) is 18.0 Å². The number of nitrogens with zero attached hydrogens (tertiary/aromatic N) is 5. The first-order valence-electron chi connectivity index (χ1n) is 7.43. The molecule has 0 atom stereocenters. The summed E-state index contributed by atoms with van der Waals surface area (Å²) in [5.41, 5.74) is 1.83. The van der Waals surface area contributed by atoms with E-state index in [9.17, 15) is 4.79 Å². The molecule has 0 aliphatic rings. The maximum absolute atomic E-state index is 12.3. The van der Waals surface area contributed by atoms with Crippen LogP contribution in [0.25, 0.3) is 11.4 Å². The number of halogens is 1. The normalized spacial score (nSPS) is 10.6. The van der Waals surface area contributed by atoms with Gasteiger partial charge in [-0.05, 0) is 22.9 Å². The van der Waals surface area contributed by atoms with Crippen molar-refractivity contribution in [3.05, 3.63) is 65.2 Å². The molecule has 0 spiro atoms. The van der Waals surface area contributed by atoms with Crippen molar-refractivity contribution < 1.29 is 4.79 Å². The van der Waals surface area contributed by atoms with Crippen LogP contribution in [0.3, 0.4) is 0 Å². The van der Waals surface area contributed by atoms with Gasteiger partial charge in [0.05, 0.1) is 0 Å². The fourth-order valence-electron chi connectivity index (χ4n) is 2.25. The summed E-state index contributed by atoms with van der Waals surface area (Å²) in [6, 6.07) is 17.0. The van der Waals surface area contributed by atoms with Crippen molar-refractivity contribution in [1.29, 1.82) is 0 Å². The highest BCUT2D eigenvalue weighted by Gasteiger charge is 2.13. The maximum atomic E-state index is 12.3. The first-order chi connectivity index (χ1) is 11.6. The molecule has 24 heavy (non-hydrogen) atoms. The van der Waals surface area contributed by atoms with Crippen molar-refractivity contribution in [2.24, 2.45) is 0 Å². The topological polar surface area (TPSA) is 63.9 Å². The summed E-state index contributed by atoms with van der Waals surface area (Å²) in [5.74, 6) is 0.396. The minimum Gasteiger partial charge on any atom is -0.340 e. The SMILES string of the molecule is CN(Cc1cccc(Cl)c1)C(=O)Cn1nnc(-c2ccccc2)n1. The van der Waals surface area contributed by atoms with Crippen LogP contribution in [-0.4, -0.2) is 38.1 Å². The molecule has 0 unspecified atom stereocenters. The lowest BCUT2D eigenvalue weighted by molar-refractivity contribution is -0.131. The first-order valence-corrected chi connectivity index (χ1v) is 7.81. The van der Waals surface area contributed by atoms with Crippen molar-refractivity contribution >= 4 is 17.5 Å². The summed E-state index contributed by atoms with van der Waals surface area (Å²) in [7, 11) is 1.73. The predicted octanol–water partition coefficient (Wildman–Crippen LogP) is 2.65. The van der Waals surface area contributed by atoms with E-state index in [0.717, 1.165) is 11.1 Å². The molecule has 0 aliphatic carbocycles. The molecule has 0 saturated carbocycles. The van der Waals surface area contributed by atoms with Gasteiger partial charge in [0.15, 0.2) is 0 Å². The lowest BCUT2D eigenvalue weighted by atomic mass is 10.2. The zero-order chi connectivity index (χ0) is 16.9. The molecule has 0 saturated heterocycles. The Kier molecular flexibility index (Phi) is 4.86. The third kappa shape index (κ3) is 3.97. The summed E-state index contributed by atoms with van der Waals surface area (Å²) in [5, 5.41) is 12.8. The Morgan fingerprint density at radius 3 is 2.71 bits per heavy atom. The lowest BCUT2D eigenvalue weighted by Gasteiger charge is -2.16. The molecule has 0 radical (unpaired) electrons. The molecule has 0 fully saturated rings. The smallest absolute Gasteiger partial charge is 0.246 e. The van der Waals surface area contributed by atoms with E-state index in [1.807, 2.05) is 48.5 Å². The minimum atomic E-state index is -0.105. The number of tetrazole rings is 1. The molecule has 1 heterocycles. The Balaban J connectivity index is 1.63. The number of rotatable bonds is 5. The number of benzene rings is 2. The molecule has 0 bridgehead atoms. The van der Waals surface area contributed by atoms with Gasteiger partial charge in [-0.2, -0.15) is 4.80 Å². The molecule has 2 aromatic carbocycles. The number of amides is 1. The molecule has 3 aromatic rings. The fourth-order valence-corrected chi connectivity index (χ4v) is 2.46. The van der Waals surface area contributed by atoms with Gasteiger partial charge in [-0.15, -0.1) is 10.2 Å². The van der Waals surface area contributed by atoms with E-state index in [4.69, 9.17) is 11.6 Å². The van der Waals surface area contributed by atoms with E-state index >= 15 is 0 Å². The molecular weight excluding hydrogens is 326 g/mol. The third-order valence-corrected chi connectivity index (χ3v) is 3.73. The summed E-state index contributed by atoms with van der Waals surface area (Å²) >= 11 is 5.96. The van der Waals surface area contributed by atoms with Crippen molar-refractivity contribution in [2.75, 3.05) is 7.05 Å². The van der Waals surface area contributed by atoms with E-state index in [1.165, 1.54) is 4.80 Å². The fraction of sp³-hybridized carbons (Fsp3) is 0.176. The van der Waals surface area contributed by atoms with Crippen LogP contribution in [0.1, 0.15) is 5.56 Å². The Morgan fingerprint density at radius 2 is 1.96 bits per heavy atom. The first kappa shape index (κ1) is 16.1. The number of carbonyl (C=O) groups is 1. The van der Waals surface area contributed by atoms with Crippen LogP contribution in [0.4, 0.5) is 0 Å². The zero-order valence-electron chi connectivity index (χ0n) is 13.1. The number of likely N-dealkylation sites (N-methyl/N-ethyl adjacent to an activating group) is 1. The number of hydrogen-bond acceptors (Lipinski definition) is 4. The number of aromatic nitrogens is 4. The van der Waals surface area contributed by atoms with Gasteiger partial charge >= 0.3 is 0 Å². The van der Waals surface area contributed by atoms with Crippen molar-refractivity contribution in [3.63, 3.8) is 0 Å². The van der Waals surface area contributed by atoms with Crippen LogP contribution in [0, 0.1) is 0 Å². The van der Waals surface area contributed by atoms with Gasteiger partial charge in [0.25, 0.3) is 0 Å². The van der Waals surface area contributed by atoms with E-state index in [-0.39, 0.29) is 12.5 Å². The van der Waals surface area contributed by atoms with Crippen LogP contribution in [-0.2, 0) is 17.9 Å². The summed E-state index contributed by atoms with van der Waals surface area (Å²) in [4.78, 5) is 15.2. The molecule has 0 aliphatic heterocycles. The average Bonchev–Trinajstić information content (AvgIpc) is 3.04. The second kappa shape index (κ2) is 7.23. The molecule has 122 valence electrons. The Labute approximate surface area is 144 Å². The Morgan fingerprint density at radius 1 is 1.17 bits per heavy atom. The molecule has 1 amide bonds. The van der Waals surface area contributed by atoms with E-state index in [2.05, 4.69) is 15.4 Å². The minimum absolute atomic E-state index is 0.0386. The third-order valence-electron chi connectivity index (χ3n) is 3.50. The number of carbonyl (C=O) groups excluding carboxylic acids is 1. The molecular formula is C17H16ClN5O. The van der Waals surface area contributed by atoms with Crippen molar-refractivity contribution in [2.45, 2.75) is 13.1 Å². The maximum Gasteiger partial charge on any atom is 0.246 e. The van der Waals surface area contributed by atoms with Crippen LogP contribution in [0.5, 0.6) is 0 Å². The van der Waals surface area contributed by atoms with Gasteiger partial charge in [0, 0.05) is 24.2 Å². The Bertz CT molecular complexity index is 834. The predicted molar refractivity (Wildman–Crippen MR) is 91.2 cm³/mol. The van der Waals surface area contributed by atoms with Gasteiger partial charge in [0.2, 0.25) is 11.7 Å². The average molecular weight is 342 g/mol. The second-order valence-electron chi connectivity index (χ2n) is 5.39. The van der Waals surface area contributed by atoms with Crippen molar-refractivity contribution in [1.82, 2.24) is 25.1 Å². The van der Waals surface area contributed by atoms with Crippen LogP contribution in [0.2, 0.25) is 5.02 Å². The van der Waals surface area contributed by atoms with Gasteiger partial charge in [-0.3, -0.25) is 4.79 Å². The highest BCUT2D eigenvalue weighted by molar-refractivity contribution is 6.30. The highest BCUT2D eigenvalue weighted by atomic mass is 35.5. The number of hydrogen-bond donors (Lipinski definition) is 0. The van der Waals surface area contributed by atoms with Gasteiger partial charge in [-0.25, -0.2) is 0 Å². The largest absolute Gasteiger partial charge is 0.340 e. The van der Waals surface area contributed by atoms with Crippen LogP contribution < -0.4 is 0 Å². The molecule has 6 nitrogen and oxygen atoms in total. The Hall–Kier alpha value is -2.73. The molecule has 7 heteroatoms. The highest BCUT2D eigenvalue weighted by Crippen LogP contribution is 2.13. The molecule has 0 N–H and O–H groups in total. The van der Waals surface area contributed by atoms with Gasteiger partial charge in [-0.1, -0.05) is 54.1 Å². The molecule has 3 rings (SSSR count). The lowest BCUT2D eigenvalue weighted by Crippen LogP contribution is -2.30. The molecule has 1 aromatic heterocycles. The zero-order valence-corrected chi connectivity index (χ0v) is 13.9. The van der Waals surface area contributed by atoms with E-state index in [0.29, 0.717) is 17.4 Å². The van der Waals surface area contributed by atoms with Crippen molar-refractivity contribution in [3.8, 4) is 11.4 Å². The monoisotopic (exact) mass is 341 g/mol. The van der Waals surface area contributed by atoms with E-state index < -0.39 is 0 Å². The second-order valence-corrected chi connectivity index (χ2v) is 5.83. The summed E-state index contributed by atoms with van der Waals surface area (Å²) in [6.07, 6.45) is 0. The van der Waals surface area contributed by atoms with Crippen LogP contribution >= 0.6 is 11.6 Å². The summed E-state index contributed by atoms with van der Waals surface area (Å²) in [6.45, 7) is 0.510. The summed E-state index contributed by atoms with van der Waals surface area (Å²) < 4.78 is 0. The van der Waals surface area contributed by atoms with Crippen LogP contribution in [0.15, 0.2) is 54.6 Å². The van der Waals surface area contributed by atoms with Gasteiger partial charge in [0.1, 0.15) is 6.54 Å². The van der Waals surface area contributed by atoms with Gasteiger partial charge < -0.3 is 4.90 Å². The standard InChI is InChI=1S/C17H16ClN5O/c1-22(11-13-6-5-9-15(18)10-13)16(24)12-23-20-17(19-21-23)14-7-3-2-4-8-14/h2-10H,11-12H2,1H3. The quantitative estimate of drug-likeness (QED) is 0.715.